The Kier molecular flexibility index (Phi) is 3.42. The molecule has 0 unspecified atom stereocenters. The zero-order valence-corrected chi connectivity index (χ0v) is 8.12. The molecule has 0 fully saturated rings. The Morgan fingerprint density at radius 3 is 2.50 bits per heavy atom. The lowest BCUT2D eigenvalue weighted by atomic mass is 10.1. The molecule has 0 saturated heterocycles. The fraction of sp³-hybridized carbons (Fsp3) is 0. The van der Waals surface area contributed by atoms with E-state index in [4.69, 9.17) is 0 Å². The third-order valence-corrected chi connectivity index (χ3v) is 1.75. The highest BCUT2D eigenvalue weighted by atomic mass is 35.5. The molecule has 2 aromatic rings. The van der Waals surface area contributed by atoms with Gasteiger partial charge in [0.15, 0.2) is 0 Å². The summed E-state index contributed by atoms with van der Waals surface area (Å²) in [6.45, 7) is 0. The quantitative estimate of drug-likeness (QED) is 0.778. The molecule has 1 aromatic carbocycles. The van der Waals surface area contributed by atoms with Crippen molar-refractivity contribution in [1.82, 2.24) is 9.97 Å². The first-order valence-corrected chi connectivity index (χ1v) is 3.96. The number of nitrogens with one attached hydrogen (secondary N) is 1. The predicted molar refractivity (Wildman–Crippen MR) is 57.5 cm³/mol. The molecule has 1 N–H and O–H groups in total. The third-order valence-electron chi connectivity index (χ3n) is 1.75. The van der Waals surface area contributed by atoms with E-state index < -0.39 is 0 Å². The summed E-state index contributed by atoms with van der Waals surface area (Å²) in [5.41, 5.74) is 1.52. The maximum absolute atomic E-state index is 11.0. The van der Waals surface area contributed by atoms with Crippen LogP contribution >= 0.6 is 12.4 Å². The van der Waals surface area contributed by atoms with Crippen LogP contribution in [0, 0.1) is 0 Å². The van der Waals surface area contributed by atoms with Crippen LogP contribution < -0.4 is 5.56 Å². The van der Waals surface area contributed by atoms with Crippen molar-refractivity contribution < 1.29 is 0 Å². The van der Waals surface area contributed by atoms with Crippen molar-refractivity contribution in [1.29, 1.82) is 0 Å². The van der Waals surface area contributed by atoms with Gasteiger partial charge in [-0.05, 0) is 0 Å². The maximum Gasteiger partial charge on any atom is 0.251 e. The van der Waals surface area contributed by atoms with Crippen molar-refractivity contribution in [3.05, 3.63) is 53.1 Å². The Bertz CT molecular complexity index is 453. The van der Waals surface area contributed by atoms with Gasteiger partial charge in [-0.25, -0.2) is 4.98 Å². The summed E-state index contributed by atoms with van der Waals surface area (Å²) in [7, 11) is 0. The summed E-state index contributed by atoms with van der Waals surface area (Å²) in [4.78, 5) is 17.5. The molecule has 2 rings (SSSR count). The number of hydrogen-bond acceptors (Lipinski definition) is 2. The molecule has 1 heterocycles. The van der Waals surface area contributed by atoms with Crippen LogP contribution in [-0.2, 0) is 0 Å². The van der Waals surface area contributed by atoms with Gasteiger partial charge in [-0.3, -0.25) is 4.79 Å². The number of rotatable bonds is 1. The minimum absolute atomic E-state index is 0. The maximum atomic E-state index is 11.0. The number of benzene rings is 1. The van der Waals surface area contributed by atoms with Crippen molar-refractivity contribution in [2.75, 3.05) is 0 Å². The van der Waals surface area contributed by atoms with Gasteiger partial charge >= 0.3 is 0 Å². The Labute approximate surface area is 87.2 Å². The van der Waals surface area contributed by atoms with Crippen LogP contribution in [0.15, 0.2) is 47.5 Å². The number of halogens is 1. The largest absolute Gasteiger partial charge is 0.313 e. The molecule has 4 heteroatoms. The van der Waals surface area contributed by atoms with Gasteiger partial charge in [-0.15, -0.1) is 12.4 Å². The molecule has 0 amide bonds. The molecule has 0 atom stereocenters. The minimum atomic E-state index is -0.131. The number of nitrogens with zero attached hydrogens (tertiary/aromatic N) is 1. The van der Waals surface area contributed by atoms with Crippen LogP contribution in [-0.4, -0.2) is 9.97 Å². The first-order chi connectivity index (χ1) is 6.36. The lowest BCUT2D eigenvalue weighted by Gasteiger charge is -1.97. The van der Waals surface area contributed by atoms with Gasteiger partial charge in [0.1, 0.15) is 0 Å². The fourth-order valence-corrected chi connectivity index (χ4v) is 1.14. The van der Waals surface area contributed by atoms with Crippen molar-refractivity contribution in [2.24, 2.45) is 0 Å². The van der Waals surface area contributed by atoms with Gasteiger partial charge in [0.25, 0.3) is 5.56 Å². The van der Waals surface area contributed by atoms with Crippen LogP contribution in [0.2, 0.25) is 0 Å². The van der Waals surface area contributed by atoms with E-state index in [9.17, 15) is 4.79 Å². The standard InChI is InChI=1S/C10H8N2O.ClH/c13-10-6-9(11-7-12-10)8-4-2-1-3-5-8;/h1-7H,(H,11,12,13);1H. The second kappa shape index (κ2) is 4.58. The zero-order chi connectivity index (χ0) is 9.10. The molecule has 0 aliphatic carbocycles. The molecule has 1 aromatic heterocycles. The molecule has 72 valence electrons. The molecular formula is C10H9ClN2O. The summed E-state index contributed by atoms with van der Waals surface area (Å²) in [6, 6.07) is 11.1. The van der Waals surface area contributed by atoms with Crippen LogP contribution in [0.4, 0.5) is 0 Å². The van der Waals surface area contributed by atoms with Crippen molar-refractivity contribution in [3.63, 3.8) is 0 Å². The van der Waals surface area contributed by atoms with E-state index in [-0.39, 0.29) is 18.0 Å². The van der Waals surface area contributed by atoms with Gasteiger partial charge in [-0.1, -0.05) is 30.3 Å². The summed E-state index contributed by atoms with van der Waals surface area (Å²) in [6.07, 6.45) is 1.41. The zero-order valence-electron chi connectivity index (χ0n) is 7.31. The molecule has 0 radical (unpaired) electrons. The van der Waals surface area contributed by atoms with Crippen LogP contribution in [0.1, 0.15) is 0 Å². The smallest absolute Gasteiger partial charge is 0.251 e. The van der Waals surface area contributed by atoms with E-state index >= 15 is 0 Å². The first-order valence-electron chi connectivity index (χ1n) is 3.96. The van der Waals surface area contributed by atoms with Gasteiger partial charge in [0.05, 0.1) is 12.0 Å². The highest BCUT2D eigenvalue weighted by Gasteiger charge is 1.96. The van der Waals surface area contributed by atoms with E-state index in [0.29, 0.717) is 5.69 Å². The average Bonchev–Trinajstić information content (AvgIpc) is 2.19. The fourth-order valence-electron chi connectivity index (χ4n) is 1.14. The molecule has 0 aliphatic rings. The first kappa shape index (κ1) is 10.5. The van der Waals surface area contributed by atoms with Gasteiger partial charge in [-0.2, -0.15) is 0 Å². The van der Waals surface area contributed by atoms with Crippen LogP contribution in [0.5, 0.6) is 0 Å². The average molecular weight is 209 g/mol. The van der Waals surface area contributed by atoms with Crippen molar-refractivity contribution in [2.45, 2.75) is 0 Å². The Hall–Kier alpha value is -1.61. The minimum Gasteiger partial charge on any atom is -0.313 e. The summed E-state index contributed by atoms with van der Waals surface area (Å²) in [5.74, 6) is 0. The SMILES string of the molecule is Cl.O=c1cc(-c2ccccc2)nc[nH]1. The number of aromatic nitrogens is 2. The molecule has 0 saturated carbocycles. The second-order valence-electron chi connectivity index (χ2n) is 2.66. The van der Waals surface area contributed by atoms with Crippen LogP contribution in [0.25, 0.3) is 11.3 Å². The van der Waals surface area contributed by atoms with Gasteiger partial charge in [0, 0.05) is 11.6 Å². The summed E-state index contributed by atoms with van der Waals surface area (Å²) in [5, 5.41) is 0. The van der Waals surface area contributed by atoms with Gasteiger partial charge in [0.2, 0.25) is 0 Å². The molecule has 0 aliphatic heterocycles. The van der Waals surface area contributed by atoms with E-state index in [1.165, 1.54) is 12.4 Å². The number of hydrogen-bond donors (Lipinski definition) is 1. The summed E-state index contributed by atoms with van der Waals surface area (Å²) >= 11 is 0. The van der Waals surface area contributed by atoms with E-state index in [1.807, 2.05) is 30.3 Å². The highest BCUT2D eigenvalue weighted by molar-refractivity contribution is 5.85. The Morgan fingerprint density at radius 1 is 1.14 bits per heavy atom. The molecule has 3 nitrogen and oxygen atoms in total. The highest BCUT2D eigenvalue weighted by Crippen LogP contribution is 2.12. The molecule has 14 heavy (non-hydrogen) atoms. The number of H-pyrrole nitrogens is 1. The van der Waals surface area contributed by atoms with E-state index in [1.54, 1.807) is 0 Å². The lowest BCUT2D eigenvalue weighted by molar-refractivity contribution is 1.12. The van der Waals surface area contributed by atoms with Gasteiger partial charge < -0.3 is 4.98 Å². The second-order valence-corrected chi connectivity index (χ2v) is 2.66. The molecule has 0 bridgehead atoms. The molecule has 0 spiro atoms. The van der Waals surface area contributed by atoms with E-state index in [2.05, 4.69) is 9.97 Å². The molecular weight excluding hydrogens is 200 g/mol. The Morgan fingerprint density at radius 2 is 1.86 bits per heavy atom. The van der Waals surface area contributed by atoms with E-state index in [0.717, 1.165) is 5.56 Å². The third kappa shape index (κ3) is 2.20. The monoisotopic (exact) mass is 208 g/mol. The summed E-state index contributed by atoms with van der Waals surface area (Å²) < 4.78 is 0. The van der Waals surface area contributed by atoms with Crippen molar-refractivity contribution >= 4 is 12.4 Å². The topological polar surface area (TPSA) is 45.8 Å². The van der Waals surface area contributed by atoms with Crippen LogP contribution in [0.3, 0.4) is 0 Å². The number of aromatic amines is 1. The Balaban J connectivity index is 0.000000980. The van der Waals surface area contributed by atoms with Crippen molar-refractivity contribution in [3.8, 4) is 11.3 Å². The normalized spacial score (nSPS) is 9.14. The predicted octanol–water partition coefficient (Wildman–Crippen LogP) is 1.86. The lowest BCUT2D eigenvalue weighted by Crippen LogP contribution is -2.04.